The quantitative estimate of drug-likeness (QED) is 0.601. The average Bonchev–Trinajstić information content (AvgIpc) is 1.60. The van der Waals surface area contributed by atoms with Gasteiger partial charge in [-0.25, -0.2) is 0 Å². The number of carbonyl (C=O) groups is 1. The largest absolute Gasteiger partial charge is 0.309 e. The second-order valence-corrected chi connectivity index (χ2v) is 4.14. The summed E-state index contributed by atoms with van der Waals surface area (Å²) in [5.41, 5.74) is 0. The predicted molar refractivity (Wildman–Crippen MR) is 46.6 cm³/mol. The molecule has 0 rings (SSSR count). The molecule has 0 aliphatic heterocycles. The summed E-state index contributed by atoms with van der Waals surface area (Å²) in [5, 5.41) is 2.92. The van der Waals surface area contributed by atoms with E-state index in [1.165, 1.54) is 0 Å². The summed E-state index contributed by atoms with van der Waals surface area (Å²) in [6.07, 6.45) is 0. The van der Waals surface area contributed by atoms with Gasteiger partial charge in [0.1, 0.15) is 5.78 Å². The van der Waals surface area contributed by atoms with Crippen molar-refractivity contribution in [2.75, 3.05) is 7.05 Å². The zero-order chi connectivity index (χ0) is 8.36. The zero-order valence-corrected chi connectivity index (χ0v) is 7.83. The van der Waals surface area contributed by atoms with E-state index in [9.17, 15) is 4.79 Å². The lowest BCUT2D eigenvalue weighted by Gasteiger charge is -2.26. The molecule has 0 saturated carbocycles. The van der Waals surface area contributed by atoms with Crippen LogP contribution in [0.4, 0.5) is 0 Å². The third kappa shape index (κ3) is 2.71. The number of ketones is 1. The fourth-order valence-corrected chi connectivity index (χ4v) is 1.36. The molecule has 1 unspecified atom stereocenters. The molecule has 0 aliphatic rings. The van der Waals surface area contributed by atoms with E-state index in [4.69, 9.17) is 0 Å². The van der Waals surface area contributed by atoms with E-state index in [1.54, 1.807) is 14.0 Å². The molecular formula is C7H15NOS. The first-order valence-electron chi connectivity index (χ1n) is 3.29. The molecule has 1 atom stereocenters. The van der Waals surface area contributed by atoms with Gasteiger partial charge >= 0.3 is 0 Å². The highest BCUT2D eigenvalue weighted by Gasteiger charge is 2.27. The summed E-state index contributed by atoms with van der Waals surface area (Å²) in [5.74, 6) is 0.127. The van der Waals surface area contributed by atoms with Gasteiger partial charge in [0.2, 0.25) is 0 Å². The second-order valence-electron chi connectivity index (χ2n) is 2.99. The van der Waals surface area contributed by atoms with Crippen molar-refractivity contribution >= 4 is 18.4 Å². The lowest BCUT2D eigenvalue weighted by Crippen LogP contribution is -2.46. The van der Waals surface area contributed by atoms with Crippen LogP contribution in [0.1, 0.15) is 20.8 Å². The van der Waals surface area contributed by atoms with E-state index >= 15 is 0 Å². The number of thiol groups is 1. The van der Waals surface area contributed by atoms with Crippen LogP contribution in [0.25, 0.3) is 0 Å². The molecule has 10 heavy (non-hydrogen) atoms. The molecule has 0 aromatic carbocycles. The highest BCUT2D eigenvalue weighted by molar-refractivity contribution is 7.81. The maximum atomic E-state index is 10.9. The number of Topliss-reactive ketones (excluding diaryl/α,β-unsaturated/α-hetero) is 1. The maximum Gasteiger partial charge on any atom is 0.148 e. The first-order chi connectivity index (χ1) is 4.39. The van der Waals surface area contributed by atoms with E-state index in [2.05, 4.69) is 17.9 Å². The molecular weight excluding hydrogens is 146 g/mol. The SMILES string of the molecule is CNC(C(C)=O)C(C)(C)S. The fraction of sp³-hybridized carbons (Fsp3) is 0.857. The Bertz CT molecular complexity index is 128. The molecule has 0 amide bonds. The third-order valence-corrected chi connectivity index (χ3v) is 1.66. The Balaban J connectivity index is 4.22. The van der Waals surface area contributed by atoms with Crippen LogP contribution in [-0.2, 0) is 4.79 Å². The van der Waals surface area contributed by atoms with Gasteiger partial charge in [-0.15, -0.1) is 0 Å². The van der Waals surface area contributed by atoms with Crippen LogP contribution in [0.3, 0.4) is 0 Å². The monoisotopic (exact) mass is 161 g/mol. The summed E-state index contributed by atoms with van der Waals surface area (Å²) in [6, 6.07) is -0.157. The second kappa shape index (κ2) is 3.39. The van der Waals surface area contributed by atoms with Crippen LogP contribution in [-0.4, -0.2) is 23.6 Å². The normalized spacial score (nSPS) is 14.9. The lowest BCUT2D eigenvalue weighted by atomic mass is 10.0. The molecule has 0 radical (unpaired) electrons. The minimum atomic E-state index is -0.277. The molecule has 0 fully saturated rings. The molecule has 2 nitrogen and oxygen atoms in total. The van der Waals surface area contributed by atoms with Crippen molar-refractivity contribution in [1.82, 2.24) is 5.32 Å². The van der Waals surface area contributed by atoms with Crippen molar-refractivity contribution in [1.29, 1.82) is 0 Å². The van der Waals surface area contributed by atoms with Crippen LogP contribution in [0, 0.1) is 0 Å². The average molecular weight is 161 g/mol. The highest BCUT2D eigenvalue weighted by atomic mass is 32.1. The highest BCUT2D eigenvalue weighted by Crippen LogP contribution is 2.17. The van der Waals surface area contributed by atoms with Crippen LogP contribution in [0.15, 0.2) is 0 Å². The molecule has 0 saturated heterocycles. The Labute approximate surface area is 67.8 Å². The number of nitrogens with one attached hydrogen (secondary N) is 1. The molecule has 0 spiro atoms. The van der Waals surface area contributed by atoms with Crippen LogP contribution < -0.4 is 5.32 Å². The van der Waals surface area contributed by atoms with Crippen molar-refractivity contribution < 1.29 is 4.79 Å². The Morgan fingerprint density at radius 2 is 2.00 bits per heavy atom. The van der Waals surface area contributed by atoms with Gasteiger partial charge in [0, 0.05) is 4.75 Å². The first kappa shape index (κ1) is 9.98. The van der Waals surface area contributed by atoms with E-state index in [1.807, 2.05) is 13.8 Å². The first-order valence-corrected chi connectivity index (χ1v) is 3.74. The molecule has 0 aromatic heterocycles. The number of hydrogen-bond donors (Lipinski definition) is 2. The van der Waals surface area contributed by atoms with Crippen molar-refractivity contribution in [2.24, 2.45) is 0 Å². The number of likely N-dealkylation sites (N-methyl/N-ethyl adjacent to an activating group) is 1. The number of rotatable bonds is 3. The van der Waals surface area contributed by atoms with Gasteiger partial charge in [-0.2, -0.15) is 12.6 Å². The Hall–Kier alpha value is -0.0200. The third-order valence-electron chi connectivity index (χ3n) is 1.40. The lowest BCUT2D eigenvalue weighted by molar-refractivity contribution is -0.119. The summed E-state index contributed by atoms with van der Waals surface area (Å²) in [4.78, 5) is 10.9. The molecule has 0 aromatic rings. The van der Waals surface area contributed by atoms with E-state index in [-0.39, 0.29) is 16.6 Å². The molecule has 0 bridgehead atoms. The number of hydrogen-bond acceptors (Lipinski definition) is 3. The summed E-state index contributed by atoms with van der Waals surface area (Å²) in [6.45, 7) is 5.40. The predicted octanol–water partition coefficient (Wildman–Crippen LogP) is 0.872. The van der Waals surface area contributed by atoms with Crippen molar-refractivity contribution in [3.05, 3.63) is 0 Å². The minimum Gasteiger partial charge on any atom is -0.309 e. The molecule has 1 N–H and O–H groups in total. The van der Waals surface area contributed by atoms with E-state index in [0.29, 0.717) is 0 Å². The summed E-state index contributed by atoms with van der Waals surface area (Å²) < 4.78 is -0.277. The van der Waals surface area contributed by atoms with E-state index in [0.717, 1.165) is 0 Å². The van der Waals surface area contributed by atoms with Crippen LogP contribution >= 0.6 is 12.6 Å². The molecule has 60 valence electrons. The van der Waals surface area contributed by atoms with Crippen molar-refractivity contribution in [2.45, 2.75) is 31.6 Å². The van der Waals surface area contributed by atoms with Gasteiger partial charge in [0.25, 0.3) is 0 Å². The summed E-state index contributed by atoms with van der Waals surface area (Å²) >= 11 is 4.29. The molecule has 3 heteroatoms. The summed E-state index contributed by atoms with van der Waals surface area (Å²) in [7, 11) is 1.77. The van der Waals surface area contributed by atoms with Gasteiger partial charge in [0.15, 0.2) is 0 Å². The standard InChI is InChI=1S/C7H15NOS/c1-5(9)6(8-4)7(2,3)10/h6,8,10H,1-4H3. The molecule has 0 aliphatic carbocycles. The van der Waals surface area contributed by atoms with Gasteiger partial charge in [-0.05, 0) is 27.8 Å². The Morgan fingerprint density at radius 3 is 2.00 bits per heavy atom. The van der Waals surface area contributed by atoms with Gasteiger partial charge in [-0.1, -0.05) is 0 Å². The minimum absolute atomic E-state index is 0.127. The van der Waals surface area contributed by atoms with Gasteiger partial charge in [0.05, 0.1) is 6.04 Å². The topological polar surface area (TPSA) is 29.1 Å². The molecule has 0 heterocycles. The fourth-order valence-electron chi connectivity index (χ4n) is 1.05. The van der Waals surface area contributed by atoms with Gasteiger partial charge < -0.3 is 5.32 Å². The van der Waals surface area contributed by atoms with Crippen LogP contribution in [0.2, 0.25) is 0 Å². The van der Waals surface area contributed by atoms with Crippen LogP contribution in [0.5, 0.6) is 0 Å². The maximum absolute atomic E-state index is 10.9. The Morgan fingerprint density at radius 1 is 1.60 bits per heavy atom. The van der Waals surface area contributed by atoms with Crippen molar-refractivity contribution in [3.63, 3.8) is 0 Å². The zero-order valence-electron chi connectivity index (χ0n) is 6.93. The smallest absolute Gasteiger partial charge is 0.148 e. The number of carbonyl (C=O) groups excluding carboxylic acids is 1. The van der Waals surface area contributed by atoms with Crippen molar-refractivity contribution in [3.8, 4) is 0 Å². The van der Waals surface area contributed by atoms with Gasteiger partial charge in [-0.3, -0.25) is 4.79 Å². The Kier molecular flexibility index (Phi) is 3.39. The van der Waals surface area contributed by atoms with E-state index < -0.39 is 0 Å².